The van der Waals surface area contributed by atoms with E-state index < -0.39 is 42.4 Å². The number of amides is 3. The number of aliphatic carboxylic acids is 1. The van der Waals surface area contributed by atoms with Crippen LogP contribution < -0.4 is 10.6 Å². The van der Waals surface area contributed by atoms with E-state index in [1.54, 1.807) is 0 Å². The summed E-state index contributed by atoms with van der Waals surface area (Å²) in [5, 5.41) is 14.2. The molecule has 0 radical (unpaired) electrons. The van der Waals surface area contributed by atoms with Crippen molar-refractivity contribution in [2.24, 2.45) is 0 Å². The number of methoxy groups -OCH3 is 1. The molecule has 3 amide bonds. The van der Waals surface area contributed by atoms with Crippen molar-refractivity contribution in [2.75, 3.05) is 33.4 Å². The van der Waals surface area contributed by atoms with Crippen molar-refractivity contribution >= 4 is 23.9 Å². The van der Waals surface area contributed by atoms with Crippen molar-refractivity contribution in [3.8, 4) is 11.1 Å². The summed E-state index contributed by atoms with van der Waals surface area (Å²) in [6.07, 6.45) is -1.35. The molecule has 0 spiro atoms. The van der Waals surface area contributed by atoms with Gasteiger partial charge in [0.1, 0.15) is 18.7 Å². The van der Waals surface area contributed by atoms with Crippen molar-refractivity contribution < 1.29 is 33.8 Å². The average molecular weight is 482 g/mol. The minimum Gasteiger partial charge on any atom is -0.481 e. The molecule has 0 aromatic heterocycles. The molecule has 0 bridgehead atoms. The number of alkyl carbamates (subject to hydrolysis) is 1. The lowest BCUT2D eigenvalue weighted by Gasteiger charge is -2.36. The number of hydrogen-bond donors (Lipinski definition) is 3. The van der Waals surface area contributed by atoms with Gasteiger partial charge in [-0.25, -0.2) is 4.79 Å². The number of piperazine rings is 1. The molecular weight excluding hydrogens is 454 g/mol. The maximum Gasteiger partial charge on any atom is 0.407 e. The fraction of sp³-hybridized carbons (Fsp3) is 0.360. The number of hydrogen-bond acceptors (Lipinski definition) is 6. The third-order valence-corrected chi connectivity index (χ3v) is 6.25. The molecule has 0 saturated carbocycles. The lowest BCUT2D eigenvalue weighted by molar-refractivity contribution is -0.150. The Bertz CT molecular complexity index is 1090. The highest BCUT2D eigenvalue weighted by Crippen LogP contribution is 2.44. The number of fused-ring (bicyclic) bond motifs is 3. The number of nitrogens with one attached hydrogen (secondary N) is 2. The number of rotatable bonds is 8. The van der Waals surface area contributed by atoms with Crippen LogP contribution in [0.3, 0.4) is 0 Å². The van der Waals surface area contributed by atoms with Crippen LogP contribution in [0.4, 0.5) is 4.79 Å². The first kappa shape index (κ1) is 24.2. The second kappa shape index (κ2) is 10.6. The summed E-state index contributed by atoms with van der Waals surface area (Å²) < 4.78 is 10.6. The Morgan fingerprint density at radius 1 is 1.11 bits per heavy atom. The van der Waals surface area contributed by atoms with Gasteiger partial charge in [0.05, 0.1) is 13.0 Å². The second-order valence-electron chi connectivity index (χ2n) is 8.41. The van der Waals surface area contributed by atoms with Crippen LogP contribution >= 0.6 is 0 Å². The van der Waals surface area contributed by atoms with Gasteiger partial charge < -0.3 is 30.1 Å². The van der Waals surface area contributed by atoms with Crippen LogP contribution in [0.15, 0.2) is 48.5 Å². The molecule has 184 valence electrons. The van der Waals surface area contributed by atoms with Crippen molar-refractivity contribution in [3.63, 3.8) is 0 Å². The Morgan fingerprint density at radius 3 is 2.34 bits per heavy atom. The van der Waals surface area contributed by atoms with Crippen LogP contribution in [0.2, 0.25) is 0 Å². The van der Waals surface area contributed by atoms with Gasteiger partial charge in [-0.3, -0.25) is 14.4 Å². The van der Waals surface area contributed by atoms with Gasteiger partial charge in [-0.05, 0) is 22.3 Å². The smallest absolute Gasteiger partial charge is 0.407 e. The van der Waals surface area contributed by atoms with Crippen LogP contribution in [0.5, 0.6) is 0 Å². The minimum atomic E-state index is -1.21. The number of carbonyl (C=O) groups excluding carboxylic acids is 3. The van der Waals surface area contributed by atoms with Crippen molar-refractivity contribution in [1.29, 1.82) is 0 Å². The zero-order valence-corrected chi connectivity index (χ0v) is 19.2. The first-order valence-electron chi connectivity index (χ1n) is 11.3. The maximum absolute atomic E-state index is 13.2. The number of carbonyl (C=O) groups is 4. The summed E-state index contributed by atoms with van der Waals surface area (Å²) in [7, 11) is 1.37. The predicted molar refractivity (Wildman–Crippen MR) is 125 cm³/mol. The molecule has 3 N–H and O–H groups in total. The number of ether oxygens (including phenoxy) is 2. The van der Waals surface area contributed by atoms with E-state index in [1.807, 2.05) is 48.5 Å². The van der Waals surface area contributed by atoms with Gasteiger partial charge >= 0.3 is 12.1 Å². The van der Waals surface area contributed by atoms with Crippen molar-refractivity contribution in [1.82, 2.24) is 15.5 Å². The maximum atomic E-state index is 13.2. The number of carboxylic acid groups (broad SMARTS) is 1. The van der Waals surface area contributed by atoms with Crippen molar-refractivity contribution in [3.05, 3.63) is 59.7 Å². The summed E-state index contributed by atoms with van der Waals surface area (Å²) in [6.45, 7) is 0.211. The lowest BCUT2D eigenvalue weighted by atomic mass is 9.98. The van der Waals surface area contributed by atoms with E-state index in [4.69, 9.17) is 14.6 Å². The zero-order valence-electron chi connectivity index (χ0n) is 19.2. The SMILES string of the molecule is COC[C@H](NC(=O)OCC1c2ccccc2-c2ccccc21)C(=O)N1CCNC(=O)C1CC(=O)O. The molecule has 10 nitrogen and oxygen atoms in total. The first-order chi connectivity index (χ1) is 16.9. The normalized spacial score (nSPS) is 17.7. The molecule has 35 heavy (non-hydrogen) atoms. The van der Waals surface area contributed by atoms with Gasteiger partial charge in [-0.1, -0.05) is 48.5 Å². The molecular formula is C25H27N3O7. The highest BCUT2D eigenvalue weighted by atomic mass is 16.5. The van der Waals surface area contributed by atoms with Gasteiger partial charge in [0.25, 0.3) is 0 Å². The van der Waals surface area contributed by atoms with E-state index in [0.717, 1.165) is 22.3 Å². The molecule has 2 aromatic carbocycles. The summed E-state index contributed by atoms with van der Waals surface area (Å²) in [5.74, 6) is -2.51. The Hall–Kier alpha value is -3.92. The van der Waals surface area contributed by atoms with E-state index in [-0.39, 0.29) is 32.2 Å². The second-order valence-corrected chi connectivity index (χ2v) is 8.41. The first-order valence-corrected chi connectivity index (χ1v) is 11.3. The molecule has 1 saturated heterocycles. The summed E-state index contributed by atoms with van der Waals surface area (Å²) >= 11 is 0. The highest BCUT2D eigenvalue weighted by molar-refractivity contribution is 5.94. The summed E-state index contributed by atoms with van der Waals surface area (Å²) in [6, 6.07) is 13.6. The van der Waals surface area contributed by atoms with Crippen LogP contribution in [-0.4, -0.2) is 79.4 Å². The fourth-order valence-electron chi connectivity index (χ4n) is 4.67. The van der Waals surface area contributed by atoms with Gasteiger partial charge in [0.2, 0.25) is 11.8 Å². The third kappa shape index (κ3) is 5.12. The third-order valence-electron chi connectivity index (χ3n) is 6.25. The van der Waals surface area contributed by atoms with Gasteiger partial charge in [-0.2, -0.15) is 0 Å². The number of carboxylic acids is 1. The molecule has 2 aliphatic rings. The molecule has 1 aliphatic carbocycles. The Kier molecular flexibility index (Phi) is 7.31. The Morgan fingerprint density at radius 2 is 1.74 bits per heavy atom. The molecule has 2 aromatic rings. The Balaban J connectivity index is 1.44. The molecule has 2 atom stereocenters. The van der Waals surface area contributed by atoms with Crippen LogP contribution in [-0.2, 0) is 23.9 Å². The van der Waals surface area contributed by atoms with Crippen molar-refractivity contribution in [2.45, 2.75) is 24.4 Å². The van der Waals surface area contributed by atoms with E-state index in [9.17, 15) is 19.2 Å². The number of benzene rings is 2. The number of nitrogens with zero attached hydrogens (tertiary/aromatic N) is 1. The zero-order chi connectivity index (χ0) is 24.9. The topological polar surface area (TPSA) is 134 Å². The standard InChI is InChI=1S/C25H27N3O7/c1-34-14-20(24(32)28-11-10-26-23(31)21(28)12-22(29)30)27-25(33)35-13-19-17-8-4-2-6-15(17)16-7-3-5-9-18(16)19/h2-9,19-21H,10-14H2,1H3,(H,26,31)(H,27,33)(H,29,30)/t20-,21?/m0/s1. The molecule has 4 rings (SSSR count). The minimum absolute atomic E-state index is 0.0709. The molecule has 1 unspecified atom stereocenters. The average Bonchev–Trinajstić information content (AvgIpc) is 3.17. The summed E-state index contributed by atoms with van der Waals surface area (Å²) in [5.41, 5.74) is 4.30. The van der Waals surface area contributed by atoms with Gasteiger partial charge in [0.15, 0.2) is 0 Å². The lowest BCUT2D eigenvalue weighted by Crippen LogP contribution is -2.62. The quantitative estimate of drug-likeness (QED) is 0.518. The predicted octanol–water partition coefficient (Wildman–Crippen LogP) is 1.34. The van der Waals surface area contributed by atoms with E-state index in [2.05, 4.69) is 10.6 Å². The van der Waals surface area contributed by atoms with E-state index in [0.29, 0.717) is 0 Å². The van der Waals surface area contributed by atoms with Gasteiger partial charge in [-0.15, -0.1) is 0 Å². The van der Waals surface area contributed by atoms with Gasteiger partial charge in [0, 0.05) is 26.1 Å². The monoisotopic (exact) mass is 481 g/mol. The molecule has 1 aliphatic heterocycles. The largest absolute Gasteiger partial charge is 0.481 e. The summed E-state index contributed by atoms with van der Waals surface area (Å²) in [4.78, 5) is 50.4. The van der Waals surface area contributed by atoms with Crippen LogP contribution in [0.1, 0.15) is 23.5 Å². The van der Waals surface area contributed by atoms with E-state index >= 15 is 0 Å². The molecule has 10 heteroatoms. The van der Waals surface area contributed by atoms with E-state index in [1.165, 1.54) is 12.0 Å². The highest BCUT2D eigenvalue weighted by Gasteiger charge is 2.38. The molecule has 1 heterocycles. The fourth-order valence-corrected chi connectivity index (χ4v) is 4.67. The van der Waals surface area contributed by atoms with Crippen LogP contribution in [0, 0.1) is 0 Å². The van der Waals surface area contributed by atoms with Crippen LogP contribution in [0.25, 0.3) is 11.1 Å². The Labute approximate surface area is 202 Å². The molecule has 1 fully saturated rings.